The molecule has 86 valence electrons. The van der Waals surface area contributed by atoms with Gasteiger partial charge < -0.3 is 0 Å². The first-order chi connectivity index (χ1) is 7.87. The van der Waals surface area contributed by atoms with Crippen molar-refractivity contribution in [2.24, 2.45) is 0 Å². The van der Waals surface area contributed by atoms with Crippen molar-refractivity contribution in [2.75, 3.05) is 6.54 Å². The molecule has 0 atom stereocenters. The highest BCUT2D eigenvalue weighted by atomic mass is 15.2. The van der Waals surface area contributed by atoms with Gasteiger partial charge in [-0.25, -0.2) is 0 Å². The van der Waals surface area contributed by atoms with Crippen molar-refractivity contribution in [3.63, 3.8) is 0 Å². The summed E-state index contributed by atoms with van der Waals surface area (Å²) in [5, 5.41) is 0. The van der Waals surface area contributed by atoms with Crippen molar-refractivity contribution in [3.05, 3.63) is 35.4 Å². The Bertz CT molecular complexity index is 377. The summed E-state index contributed by atoms with van der Waals surface area (Å²) in [7, 11) is 0. The summed E-state index contributed by atoms with van der Waals surface area (Å²) < 4.78 is 0. The van der Waals surface area contributed by atoms with Gasteiger partial charge >= 0.3 is 0 Å². The summed E-state index contributed by atoms with van der Waals surface area (Å²) in [4.78, 5) is 2.71. The molecular formula is C15H21N. The minimum Gasteiger partial charge on any atom is -0.290 e. The van der Waals surface area contributed by atoms with Gasteiger partial charge in [0, 0.05) is 12.1 Å². The summed E-state index contributed by atoms with van der Waals surface area (Å²) in [5.74, 6) is 0. The standard InChI is InChI=1S/C15H21N/c1-2-16-12-13-8-4-5-9-14(13)15(16)10-6-3-7-11-15/h4-5,8-9H,2-3,6-7,10-12H2,1H3. The van der Waals surface area contributed by atoms with Gasteiger partial charge in [-0.15, -0.1) is 0 Å². The van der Waals surface area contributed by atoms with Crippen LogP contribution < -0.4 is 0 Å². The molecule has 1 aliphatic carbocycles. The Labute approximate surface area is 98.5 Å². The first-order valence-electron chi connectivity index (χ1n) is 6.70. The number of fused-ring (bicyclic) bond motifs is 2. The van der Waals surface area contributed by atoms with Crippen LogP contribution in [-0.4, -0.2) is 11.4 Å². The molecule has 3 rings (SSSR count). The minimum absolute atomic E-state index is 0.406. The molecule has 0 amide bonds. The highest BCUT2D eigenvalue weighted by Gasteiger charge is 2.44. The second-order valence-electron chi connectivity index (χ2n) is 5.26. The Kier molecular flexibility index (Phi) is 2.51. The molecule has 1 heterocycles. The lowest BCUT2D eigenvalue weighted by Gasteiger charge is -2.42. The number of benzene rings is 1. The van der Waals surface area contributed by atoms with Gasteiger partial charge in [-0.2, -0.15) is 0 Å². The van der Waals surface area contributed by atoms with Crippen LogP contribution in [0.2, 0.25) is 0 Å². The van der Waals surface area contributed by atoms with E-state index in [1.165, 1.54) is 45.2 Å². The van der Waals surface area contributed by atoms with Gasteiger partial charge in [0.05, 0.1) is 0 Å². The van der Waals surface area contributed by atoms with Crippen LogP contribution >= 0.6 is 0 Å². The third-order valence-electron chi connectivity index (χ3n) is 4.55. The van der Waals surface area contributed by atoms with Gasteiger partial charge in [0.2, 0.25) is 0 Å². The van der Waals surface area contributed by atoms with Crippen LogP contribution in [0.1, 0.15) is 50.2 Å². The molecule has 0 bridgehead atoms. The molecule has 0 unspecified atom stereocenters. The molecular weight excluding hydrogens is 194 g/mol. The summed E-state index contributed by atoms with van der Waals surface area (Å²) >= 11 is 0. The fraction of sp³-hybridized carbons (Fsp3) is 0.600. The fourth-order valence-corrected chi connectivity index (χ4v) is 3.78. The van der Waals surface area contributed by atoms with Crippen molar-refractivity contribution in [2.45, 2.75) is 51.1 Å². The molecule has 0 saturated heterocycles. The maximum Gasteiger partial charge on any atom is 0.0467 e. The second-order valence-corrected chi connectivity index (χ2v) is 5.26. The number of hydrogen-bond donors (Lipinski definition) is 0. The lowest BCUT2D eigenvalue weighted by atomic mass is 9.76. The van der Waals surface area contributed by atoms with E-state index in [2.05, 4.69) is 36.1 Å². The average molecular weight is 215 g/mol. The molecule has 0 aromatic heterocycles. The van der Waals surface area contributed by atoms with E-state index in [1.807, 2.05) is 0 Å². The first kappa shape index (κ1) is 10.3. The molecule has 0 radical (unpaired) electrons. The molecule has 1 saturated carbocycles. The zero-order valence-corrected chi connectivity index (χ0v) is 10.2. The lowest BCUT2D eigenvalue weighted by Crippen LogP contribution is -2.42. The summed E-state index contributed by atoms with van der Waals surface area (Å²) in [6, 6.07) is 9.10. The predicted octanol–water partition coefficient (Wildman–Crippen LogP) is 3.68. The zero-order chi connectivity index (χ0) is 11.0. The summed E-state index contributed by atoms with van der Waals surface area (Å²) in [5.41, 5.74) is 3.62. The molecule has 2 aliphatic rings. The van der Waals surface area contributed by atoms with E-state index in [-0.39, 0.29) is 0 Å². The largest absolute Gasteiger partial charge is 0.290 e. The highest BCUT2D eigenvalue weighted by molar-refractivity contribution is 5.38. The molecule has 1 aromatic rings. The van der Waals surface area contributed by atoms with E-state index >= 15 is 0 Å². The van der Waals surface area contributed by atoms with Gasteiger partial charge in [0.25, 0.3) is 0 Å². The quantitative estimate of drug-likeness (QED) is 0.690. The van der Waals surface area contributed by atoms with E-state index in [0.717, 1.165) is 0 Å². The van der Waals surface area contributed by atoms with Gasteiger partial charge in [-0.05, 0) is 30.5 Å². The van der Waals surface area contributed by atoms with Gasteiger partial charge in [-0.3, -0.25) is 4.90 Å². The van der Waals surface area contributed by atoms with Crippen LogP contribution in [0.15, 0.2) is 24.3 Å². The van der Waals surface area contributed by atoms with Crippen LogP contribution in [0.3, 0.4) is 0 Å². The van der Waals surface area contributed by atoms with Crippen LogP contribution in [0.4, 0.5) is 0 Å². The molecule has 1 heteroatoms. The maximum absolute atomic E-state index is 2.71. The Hall–Kier alpha value is -0.820. The minimum atomic E-state index is 0.406. The third kappa shape index (κ3) is 1.34. The topological polar surface area (TPSA) is 3.24 Å². The normalized spacial score (nSPS) is 23.6. The van der Waals surface area contributed by atoms with E-state index in [4.69, 9.17) is 0 Å². The molecule has 1 aliphatic heterocycles. The van der Waals surface area contributed by atoms with Crippen LogP contribution in [0.25, 0.3) is 0 Å². The van der Waals surface area contributed by atoms with Gasteiger partial charge in [0.1, 0.15) is 0 Å². The van der Waals surface area contributed by atoms with E-state index in [1.54, 1.807) is 11.1 Å². The predicted molar refractivity (Wildman–Crippen MR) is 67.3 cm³/mol. The van der Waals surface area contributed by atoms with Crippen molar-refractivity contribution < 1.29 is 0 Å². The van der Waals surface area contributed by atoms with Crippen molar-refractivity contribution >= 4 is 0 Å². The van der Waals surface area contributed by atoms with Gasteiger partial charge in [0.15, 0.2) is 0 Å². The number of nitrogens with zero attached hydrogens (tertiary/aromatic N) is 1. The maximum atomic E-state index is 2.71. The van der Waals surface area contributed by atoms with Crippen LogP contribution in [0.5, 0.6) is 0 Å². The molecule has 1 fully saturated rings. The first-order valence-corrected chi connectivity index (χ1v) is 6.70. The molecule has 0 N–H and O–H groups in total. The number of hydrogen-bond acceptors (Lipinski definition) is 1. The van der Waals surface area contributed by atoms with Crippen molar-refractivity contribution in [1.82, 2.24) is 4.90 Å². The van der Waals surface area contributed by atoms with Crippen molar-refractivity contribution in [3.8, 4) is 0 Å². The third-order valence-corrected chi connectivity index (χ3v) is 4.55. The molecule has 16 heavy (non-hydrogen) atoms. The fourth-order valence-electron chi connectivity index (χ4n) is 3.78. The van der Waals surface area contributed by atoms with E-state index < -0.39 is 0 Å². The lowest BCUT2D eigenvalue weighted by molar-refractivity contribution is 0.0669. The summed E-state index contributed by atoms with van der Waals surface area (Å²) in [6.07, 6.45) is 6.99. The zero-order valence-electron chi connectivity index (χ0n) is 10.2. The second kappa shape index (κ2) is 3.89. The van der Waals surface area contributed by atoms with E-state index in [9.17, 15) is 0 Å². The molecule has 1 spiro atoms. The van der Waals surface area contributed by atoms with E-state index in [0.29, 0.717) is 5.54 Å². The Morgan fingerprint density at radius 3 is 2.62 bits per heavy atom. The summed E-state index contributed by atoms with van der Waals surface area (Å²) in [6.45, 7) is 4.67. The monoisotopic (exact) mass is 215 g/mol. The highest BCUT2D eigenvalue weighted by Crippen LogP contribution is 2.48. The molecule has 1 aromatic carbocycles. The van der Waals surface area contributed by atoms with Crippen LogP contribution in [0, 0.1) is 0 Å². The Morgan fingerprint density at radius 1 is 1.12 bits per heavy atom. The Balaban J connectivity index is 2.06. The van der Waals surface area contributed by atoms with Crippen LogP contribution in [-0.2, 0) is 12.1 Å². The smallest absolute Gasteiger partial charge is 0.0467 e. The molecule has 1 nitrogen and oxygen atoms in total. The SMILES string of the molecule is CCN1Cc2ccccc2C12CCCCC2. The number of rotatable bonds is 1. The average Bonchev–Trinajstić information content (AvgIpc) is 2.65. The Morgan fingerprint density at radius 2 is 1.88 bits per heavy atom. The van der Waals surface area contributed by atoms with Gasteiger partial charge in [-0.1, -0.05) is 50.5 Å². The van der Waals surface area contributed by atoms with Crippen molar-refractivity contribution in [1.29, 1.82) is 0 Å².